The second kappa shape index (κ2) is 9.15. The smallest absolute Gasteiger partial charge is 0.266 e. The number of hydrogen-bond donors (Lipinski definition) is 1. The third-order valence-corrected chi connectivity index (χ3v) is 6.94. The fourth-order valence-corrected chi connectivity index (χ4v) is 4.43. The fraction of sp³-hybridized carbons (Fsp3) is 0.250. The molecule has 2 aromatic rings. The molecule has 0 spiro atoms. The van der Waals surface area contributed by atoms with Gasteiger partial charge in [-0.15, -0.1) is 0 Å². The first-order valence-corrected chi connectivity index (χ1v) is 11.0. The Morgan fingerprint density at radius 1 is 1.13 bits per heavy atom. The lowest BCUT2D eigenvalue weighted by Gasteiger charge is -2.16. The Hall–Kier alpha value is -2.79. The zero-order valence-corrected chi connectivity index (χ0v) is 18.4. The maximum absolute atomic E-state index is 12.6. The van der Waals surface area contributed by atoms with Gasteiger partial charge in [-0.3, -0.25) is 24.1 Å². The lowest BCUT2D eigenvalue weighted by atomic mass is 10.1. The Bertz CT molecular complexity index is 1120. The topological polar surface area (TPSA) is 113 Å². The van der Waals surface area contributed by atoms with Gasteiger partial charge in [-0.25, -0.2) is 8.42 Å². The minimum Gasteiger partial charge on any atom is -0.322 e. The maximum atomic E-state index is 12.6. The van der Waals surface area contributed by atoms with Crippen molar-refractivity contribution in [2.24, 2.45) is 0 Å². The van der Waals surface area contributed by atoms with Gasteiger partial charge in [0.2, 0.25) is 11.8 Å². The Labute approximate surface area is 184 Å². The van der Waals surface area contributed by atoms with Gasteiger partial charge in [0.05, 0.1) is 18.7 Å². The predicted molar refractivity (Wildman–Crippen MR) is 113 cm³/mol. The van der Waals surface area contributed by atoms with Gasteiger partial charge in [0.25, 0.3) is 15.9 Å². The number of sulfonamides is 1. The minimum atomic E-state index is -4.04. The second-order valence-corrected chi connectivity index (χ2v) is 9.08. The standard InChI is InChI=1S/C20H20ClN3O6S/c1-23(30-2)31(28,29)17-11-14(5-8-16(17)21)20(27)22-15-6-3-13(4-7-15)12-24-18(25)9-10-19(24)26/h3-8,11H,9-10,12H2,1-2H3,(H,22,27). The predicted octanol–water partition coefficient (Wildman–Crippen LogP) is 2.42. The number of carbonyl (C=O) groups excluding carboxylic acids is 3. The number of carbonyl (C=O) groups is 3. The zero-order valence-electron chi connectivity index (χ0n) is 16.8. The summed E-state index contributed by atoms with van der Waals surface area (Å²) in [6.07, 6.45) is 0.456. The summed E-state index contributed by atoms with van der Waals surface area (Å²) in [5, 5.41) is 2.62. The Morgan fingerprint density at radius 3 is 2.32 bits per heavy atom. The van der Waals surface area contributed by atoms with Gasteiger partial charge >= 0.3 is 0 Å². The van der Waals surface area contributed by atoms with Crippen molar-refractivity contribution in [1.29, 1.82) is 0 Å². The van der Waals surface area contributed by atoms with Crippen LogP contribution in [0.5, 0.6) is 0 Å². The number of benzene rings is 2. The molecular weight excluding hydrogens is 446 g/mol. The largest absolute Gasteiger partial charge is 0.322 e. The second-order valence-electron chi connectivity index (χ2n) is 6.77. The average Bonchev–Trinajstić information content (AvgIpc) is 3.06. The summed E-state index contributed by atoms with van der Waals surface area (Å²) < 4.78 is 25.6. The SMILES string of the molecule is CON(C)S(=O)(=O)c1cc(C(=O)Nc2ccc(CN3C(=O)CCC3=O)cc2)ccc1Cl. The summed E-state index contributed by atoms with van der Waals surface area (Å²) >= 11 is 6.01. The summed E-state index contributed by atoms with van der Waals surface area (Å²) in [7, 11) is -1.63. The molecule has 0 saturated carbocycles. The van der Waals surface area contributed by atoms with Crippen molar-refractivity contribution in [2.75, 3.05) is 19.5 Å². The first-order valence-electron chi connectivity index (χ1n) is 9.19. The van der Waals surface area contributed by atoms with Crippen LogP contribution in [0.2, 0.25) is 5.02 Å². The number of hydrogen-bond acceptors (Lipinski definition) is 6. The number of anilines is 1. The quantitative estimate of drug-likeness (QED) is 0.496. The molecule has 1 fully saturated rings. The van der Waals surface area contributed by atoms with E-state index in [-0.39, 0.29) is 46.7 Å². The third-order valence-electron chi connectivity index (χ3n) is 4.77. The lowest BCUT2D eigenvalue weighted by molar-refractivity contribution is -0.139. The zero-order chi connectivity index (χ0) is 22.8. The number of likely N-dealkylation sites (tertiary alicyclic amines) is 1. The van der Waals surface area contributed by atoms with E-state index < -0.39 is 15.9 Å². The van der Waals surface area contributed by atoms with Crippen molar-refractivity contribution < 1.29 is 27.6 Å². The van der Waals surface area contributed by atoms with Gasteiger partial charge in [-0.2, -0.15) is 0 Å². The average molecular weight is 466 g/mol. The van der Waals surface area contributed by atoms with Crippen LogP contribution in [-0.4, -0.2) is 49.7 Å². The maximum Gasteiger partial charge on any atom is 0.266 e. The van der Waals surface area contributed by atoms with Crippen LogP contribution >= 0.6 is 11.6 Å². The molecule has 1 N–H and O–H groups in total. The van der Waals surface area contributed by atoms with Crippen molar-refractivity contribution in [3.05, 3.63) is 58.6 Å². The Kier molecular flexibility index (Phi) is 6.75. The minimum absolute atomic E-state index is 0.0455. The number of nitrogens with zero attached hydrogens (tertiary/aromatic N) is 2. The molecule has 0 radical (unpaired) electrons. The molecule has 11 heteroatoms. The van der Waals surface area contributed by atoms with E-state index in [9.17, 15) is 22.8 Å². The first kappa shape index (κ1) is 22.9. The molecule has 0 aliphatic carbocycles. The highest BCUT2D eigenvalue weighted by molar-refractivity contribution is 7.89. The van der Waals surface area contributed by atoms with Gasteiger partial charge in [0.1, 0.15) is 4.90 Å². The van der Waals surface area contributed by atoms with Gasteiger partial charge in [0, 0.05) is 31.1 Å². The fourth-order valence-electron chi connectivity index (χ4n) is 2.96. The van der Waals surface area contributed by atoms with Gasteiger partial charge in [-0.1, -0.05) is 28.2 Å². The molecule has 9 nitrogen and oxygen atoms in total. The first-order chi connectivity index (χ1) is 14.6. The molecule has 1 heterocycles. The molecule has 3 amide bonds. The van der Waals surface area contributed by atoms with E-state index in [2.05, 4.69) is 5.32 Å². The van der Waals surface area contributed by atoms with Crippen molar-refractivity contribution in [3.8, 4) is 0 Å². The Morgan fingerprint density at radius 2 is 1.74 bits per heavy atom. The van der Waals surface area contributed by atoms with E-state index >= 15 is 0 Å². The van der Waals surface area contributed by atoms with Crippen LogP contribution in [-0.2, 0) is 31.0 Å². The summed E-state index contributed by atoms with van der Waals surface area (Å²) in [6, 6.07) is 10.5. The molecule has 3 rings (SSSR count). The summed E-state index contributed by atoms with van der Waals surface area (Å²) in [5.74, 6) is -0.934. The third kappa shape index (κ3) is 4.93. The van der Waals surface area contributed by atoms with E-state index in [0.717, 1.165) is 5.56 Å². The molecule has 0 bridgehead atoms. The van der Waals surface area contributed by atoms with Crippen molar-refractivity contribution in [3.63, 3.8) is 0 Å². The summed E-state index contributed by atoms with van der Waals surface area (Å²) in [5.41, 5.74) is 1.29. The Balaban J connectivity index is 1.74. The highest BCUT2D eigenvalue weighted by Gasteiger charge is 2.28. The number of imide groups is 1. The number of halogens is 1. The number of amides is 3. The summed E-state index contributed by atoms with van der Waals surface area (Å²) in [6.45, 7) is 0.178. The molecule has 31 heavy (non-hydrogen) atoms. The highest BCUT2D eigenvalue weighted by atomic mass is 35.5. The van der Waals surface area contributed by atoms with Crippen LogP contribution in [0, 0.1) is 0 Å². The van der Waals surface area contributed by atoms with Crippen LogP contribution < -0.4 is 5.32 Å². The summed E-state index contributed by atoms with van der Waals surface area (Å²) in [4.78, 5) is 41.7. The van der Waals surface area contributed by atoms with Crippen molar-refractivity contribution in [2.45, 2.75) is 24.3 Å². The van der Waals surface area contributed by atoms with Crippen LogP contribution in [0.15, 0.2) is 47.4 Å². The van der Waals surface area contributed by atoms with Gasteiger partial charge in [-0.05, 0) is 35.9 Å². The molecule has 164 valence electrons. The lowest BCUT2D eigenvalue weighted by Crippen LogP contribution is -2.28. The molecule has 0 atom stereocenters. The van der Waals surface area contributed by atoms with Crippen molar-refractivity contribution in [1.82, 2.24) is 9.37 Å². The van der Waals surface area contributed by atoms with Crippen LogP contribution in [0.25, 0.3) is 0 Å². The number of rotatable bonds is 7. The molecular formula is C20H20ClN3O6S. The number of hydroxylamine groups is 1. The monoisotopic (exact) mass is 465 g/mol. The highest BCUT2D eigenvalue weighted by Crippen LogP contribution is 2.26. The molecule has 1 aliphatic heterocycles. The van der Waals surface area contributed by atoms with Gasteiger partial charge < -0.3 is 5.32 Å². The number of nitrogens with one attached hydrogen (secondary N) is 1. The van der Waals surface area contributed by atoms with E-state index in [4.69, 9.17) is 16.4 Å². The molecule has 0 unspecified atom stereocenters. The molecule has 0 aromatic heterocycles. The van der Waals surface area contributed by atoms with Crippen LogP contribution in [0.1, 0.15) is 28.8 Å². The van der Waals surface area contributed by atoms with E-state index in [1.807, 2.05) is 0 Å². The van der Waals surface area contributed by atoms with Crippen LogP contribution in [0.3, 0.4) is 0 Å². The van der Waals surface area contributed by atoms with Gasteiger partial charge in [0.15, 0.2) is 0 Å². The van der Waals surface area contributed by atoms with Crippen LogP contribution in [0.4, 0.5) is 5.69 Å². The van der Waals surface area contributed by atoms with E-state index in [1.54, 1.807) is 24.3 Å². The molecule has 2 aromatic carbocycles. The normalized spacial score (nSPS) is 14.4. The van der Waals surface area contributed by atoms with E-state index in [0.29, 0.717) is 10.2 Å². The van der Waals surface area contributed by atoms with Crippen molar-refractivity contribution >= 4 is 45.0 Å². The molecule has 1 saturated heterocycles. The van der Waals surface area contributed by atoms with E-state index in [1.165, 1.54) is 37.3 Å². The molecule has 1 aliphatic rings.